The number of rotatable bonds is 6. The summed E-state index contributed by atoms with van der Waals surface area (Å²) in [5.74, 6) is -0.811. The molecule has 2 aliphatic heterocycles. The second-order valence-corrected chi connectivity index (χ2v) is 11.4. The fraction of sp³-hybridized carbons (Fsp3) is 0.321. The summed E-state index contributed by atoms with van der Waals surface area (Å²) < 4.78 is 30.0. The molecular formula is C28H29N3O5S. The highest BCUT2D eigenvalue weighted by Gasteiger charge is 2.38. The number of nitrogens with one attached hydrogen (secondary N) is 1. The maximum atomic E-state index is 13.6. The Labute approximate surface area is 216 Å². The zero-order valence-electron chi connectivity index (χ0n) is 20.8. The Balaban J connectivity index is 1.45. The number of piperidine rings is 1. The largest absolute Gasteiger partial charge is 0.342 e. The average molecular weight is 520 g/mol. The monoisotopic (exact) mass is 519 g/mol. The van der Waals surface area contributed by atoms with Crippen molar-refractivity contribution in [1.29, 1.82) is 0 Å². The summed E-state index contributed by atoms with van der Waals surface area (Å²) in [5, 5.41) is 0.917. The number of sulfonamides is 1. The van der Waals surface area contributed by atoms with Crippen LogP contribution in [0.3, 0.4) is 0 Å². The van der Waals surface area contributed by atoms with Gasteiger partial charge in [0.1, 0.15) is 0 Å². The Hall–Kier alpha value is -3.56. The number of hydrogen-bond donors (Lipinski definition) is 1. The van der Waals surface area contributed by atoms with Crippen LogP contribution in [0.2, 0.25) is 0 Å². The lowest BCUT2D eigenvalue weighted by Crippen LogP contribution is -2.51. The van der Waals surface area contributed by atoms with Crippen LogP contribution in [-0.2, 0) is 14.8 Å². The number of hydrogen-bond acceptors (Lipinski definition) is 5. The molecule has 8 nitrogen and oxygen atoms in total. The highest BCUT2D eigenvalue weighted by atomic mass is 32.2. The Bertz CT molecular complexity index is 1480. The molecule has 2 atom stereocenters. The van der Waals surface area contributed by atoms with Gasteiger partial charge in [-0.15, -0.1) is 0 Å². The zero-order valence-corrected chi connectivity index (χ0v) is 21.6. The molecule has 1 fully saturated rings. The van der Waals surface area contributed by atoms with Crippen LogP contribution in [0.25, 0.3) is 10.8 Å². The highest BCUT2D eigenvalue weighted by molar-refractivity contribution is 7.89. The summed E-state index contributed by atoms with van der Waals surface area (Å²) in [6.45, 7) is 4.93. The molecule has 0 spiro atoms. The molecule has 9 heteroatoms. The molecule has 0 saturated carbocycles. The van der Waals surface area contributed by atoms with Crippen LogP contribution in [0.5, 0.6) is 0 Å². The van der Waals surface area contributed by atoms with E-state index in [0.29, 0.717) is 53.5 Å². The average Bonchev–Trinajstić information content (AvgIpc) is 3.14. The Kier molecular flexibility index (Phi) is 6.59. The third-order valence-electron chi connectivity index (χ3n) is 7.21. The van der Waals surface area contributed by atoms with Gasteiger partial charge in [-0.3, -0.25) is 14.4 Å². The molecule has 192 valence electrons. The van der Waals surface area contributed by atoms with Gasteiger partial charge >= 0.3 is 0 Å². The first-order chi connectivity index (χ1) is 17.7. The predicted molar refractivity (Wildman–Crippen MR) is 141 cm³/mol. The lowest BCUT2D eigenvalue weighted by Gasteiger charge is -2.37. The Morgan fingerprint density at radius 2 is 1.57 bits per heavy atom. The summed E-state index contributed by atoms with van der Waals surface area (Å²) in [6.07, 6.45) is 1.80. The maximum absolute atomic E-state index is 13.6. The van der Waals surface area contributed by atoms with E-state index in [1.54, 1.807) is 48.5 Å². The van der Waals surface area contributed by atoms with E-state index in [9.17, 15) is 22.8 Å². The smallest absolute Gasteiger partial charge is 0.266 e. The number of likely N-dealkylation sites (tertiary alicyclic amines) is 1. The van der Waals surface area contributed by atoms with Crippen LogP contribution in [0.4, 0.5) is 5.69 Å². The number of carbonyl (C=O) groups is 3. The highest BCUT2D eigenvalue weighted by Crippen LogP contribution is 2.36. The summed E-state index contributed by atoms with van der Waals surface area (Å²) in [5.41, 5.74) is 0.997. The standard InChI is InChI=1S/C28H29N3O5S/c1-3-8-26(32)30-16-15-23(18(2)17-30)29-37(35,36)25-14-13-24(19-9-4-5-10-20(19)25)31-27(33)21-11-6-7-12-22(21)28(31)34/h4-7,9-14,18,23,29H,3,8,15-17H2,1-2H3/t18-,23+/m0/s1. The molecule has 2 heterocycles. The minimum absolute atomic E-state index is 0.0479. The van der Waals surface area contributed by atoms with Gasteiger partial charge in [0.15, 0.2) is 0 Å². The summed E-state index contributed by atoms with van der Waals surface area (Å²) in [7, 11) is -3.93. The van der Waals surface area contributed by atoms with Crippen molar-refractivity contribution in [3.63, 3.8) is 0 Å². The van der Waals surface area contributed by atoms with Crippen LogP contribution in [0.1, 0.15) is 53.8 Å². The first kappa shape index (κ1) is 25.1. The van der Waals surface area contributed by atoms with Gasteiger partial charge in [-0.1, -0.05) is 50.2 Å². The van der Waals surface area contributed by atoms with E-state index in [1.165, 1.54) is 12.1 Å². The van der Waals surface area contributed by atoms with Gasteiger partial charge in [-0.25, -0.2) is 18.0 Å². The third-order valence-corrected chi connectivity index (χ3v) is 8.76. The van der Waals surface area contributed by atoms with Crippen LogP contribution >= 0.6 is 0 Å². The van der Waals surface area contributed by atoms with Crippen molar-refractivity contribution in [3.05, 3.63) is 71.8 Å². The van der Waals surface area contributed by atoms with Gasteiger partial charge < -0.3 is 4.90 Å². The van der Waals surface area contributed by atoms with Gasteiger partial charge in [-0.05, 0) is 43.0 Å². The molecule has 37 heavy (non-hydrogen) atoms. The number of benzene rings is 3. The van der Waals surface area contributed by atoms with Crippen molar-refractivity contribution >= 4 is 44.2 Å². The van der Waals surface area contributed by atoms with E-state index in [1.807, 2.05) is 18.7 Å². The number of anilines is 1. The van der Waals surface area contributed by atoms with Crippen LogP contribution in [0, 0.1) is 5.92 Å². The third kappa shape index (κ3) is 4.42. The quantitative estimate of drug-likeness (QED) is 0.497. The molecule has 0 unspecified atom stereocenters. The number of imide groups is 1. The molecule has 2 aliphatic rings. The lowest BCUT2D eigenvalue weighted by molar-refractivity contribution is -0.133. The Morgan fingerprint density at radius 1 is 0.946 bits per heavy atom. The molecule has 1 saturated heterocycles. The fourth-order valence-corrected chi connectivity index (χ4v) is 6.87. The second-order valence-electron chi connectivity index (χ2n) is 9.70. The molecule has 0 bridgehead atoms. The first-order valence-electron chi connectivity index (χ1n) is 12.5. The summed E-state index contributed by atoms with van der Waals surface area (Å²) >= 11 is 0. The predicted octanol–water partition coefficient (Wildman–Crippen LogP) is 3.96. The maximum Gasteiger partial charge on any atom is 0.266 e. The van der Waals surface area contributed by atoms with Gasteiger partial charge in [0.05, 0.1) is 21.7 Å². The van der Waals surface area contributed by atoms with Crippen LogP contribution in [0.15, 0.2) is 65.6 Å². The second kappa shape index (κ2) is 9.72. The normalized spacial score (nSPS) is 19.9. The molecule has 0 aromatic heterocycles. The van der Waals surface area contributed by atoms with Crippen molar-refractivity contribution in [2.75, 3.05) is 18.0 Å². The molecule has 3 amide bonds. The first-order valence-corrected chi connectivity index (χ1v) is 14.0. The summed E-state index contributed by atoms with van der Waals surface area (Å²) in [6, 6.07) is 16.2. The van der Waals surface area contributed by atoms with Crippen molar-refractivity contribution in [3.8, 4) is 0 Å². The SMILES string of the molecule is CCCC(=O)N1CC[C@@H](NS(=O)(=O)c2ccc(N3C(=O)c4ccccc4C3=O)c3ccccc23)[C@@H](C)C1. The minimum atomic E-state index is -3.93. The topological polar surface area (TPSA) is 104 Å². The molecular weight excluding hydrogens is 490 g/mol. The van der Waals surface area contributed by atoms with E-state index in [4.69, 9.17) is 0 Å². The molecule has 0 radical (unpaired) electrons. The van der Waals surface area contributed by atoms with Crippen molar-refractivity contribution < 1.29 is 22.8 Å². The molecule has 3 aromatic rings. The minimum Gasteiger partial charge on any atom is -0.342 e. The van der Waals surface area contributed by atoms with E-state index in [0.717, 1.165) is 11.3 Å². The van der Waals surface area contributed by atoms with Gasteiger partial charge in [0, 0.05) is 36.3 Å². The number of fused-ring (bicyclic) bond motifs is 2. The Morgan fingerprint density at radius 3 is 2.19 bits per heavy atom. The lowest BCUT2D eigenvalue weighted by atomic mass is 9.94. The van der Waals surface area contributed by atoms with E-state index in [2.05, 4.69) is 4.72 Å². The van der Waals surface area contributed by atoms with Crippen LogP contribution in [-0.4, -0.2) is 50.2 Å². The number of nitrogens with zero attached hydrogens (tertiary/aromatic N) is 2. The van der Waals surface area contributed by atoms with Crippen molar-refractivity contribution in [2.24, 2.45) is 5.92 Å². The van der Waals surface area contributed by atoms with Crippen molar-refractivity contribution in [1.82, 2.24) is 9.62 Å². The number of carbonyl (C=O) groups excluding carboxylic acids is 3. The van der Waals surface area contributed by atoms with Crippen molar-refractivity contribution in [2.45, 2.75) is 44.0 Å². The number of amides is 3. The van der Waals surface area contributed by atoms with E-state index >= 15 is 0 Å². The summed E-state index contributed by atoms with van der Waals surface area (Å²) in [4.78, 5) is 41.5. The molecule has 3 aromatic carbocycles. The van der Waals surface area contributed by atoms with E-state index in [-0.39, 0.29) is 22.8 Å². The zero-order chi connectivity index (χ0) is 26.3. The molecule has 1 N–H and O–H groups in total. The molecule has 5 rings (SSSR count). The van der Waals surface area contributed by atoms with Gasteiger partial charge in [0.25, 0.3) is 11.8 Å². The van der Waals surface area contributed by atoms with Gasteiger partial charge in [0.2, 0.25) is 15.9 Å². The fourth-order valence-electron chi connectivity index (χ4n) is 5.27. The van der Waals surface area contributed by atoms with E-state index < -0.39 is 21.8 Å². The van der Waals surface area contributed by atoms with Crippen LogP contribution < -0.4 is 9.62 Å². The molecule has 0 aliphatic carbocycles. The van der Waals surface area contributed by atoms with Gasteiger partial charge in [-0.2, -0.15) is 0 Å².